The van der Waals surface area contributed by atoms with Crippen LogP contribution >= 0.6 is 0 Å². The Morgan fingerprint density at radius 3 is 1.04 bits per heavy atom. The molecule has 0 radical (unpaired) electrons. The van der Waals surface area contributed by atoms with E-state index in [1.807, 2.05) is 13.8 Å². The molecule has 0 heterocycles. The van der Waals surface area contributed by atoms with Gasteiger partial charge in [0.15, 0.2) is 0 Å². The van der Waals surface area contributed by atoms with E-state index in [1.165, 1.54) is 0 Å². The van der Waals surface area contributed by atoms with Crippen LogP contribution in [0, 0.1) is 0 Å². The Balaban J connectivity index is 3.97. The van der Waals surface area contributed by atoms with E-state index in [-0.39, 0.29) is 11.1 Å². The van der Waals surface area contributed by atoms with Gasteiger partial charge in [0, 0.05) is 0 Å². The molecule has 0 aliphatic rings. The Bertz CT molecular complexity index is 549. The van der Waals surface area contributed by atoms with Crippen molar-refractivity contribution >= 4 is 11.9 Å². The normalized spacial score (nSPS) is 10.8. The summed E-state index contributed by atoms with van der Waals surface area (Å²) in [6.07, 6.45) is 6.28. The van der Waals surface area contributed by atoms with Gasteiger partial charge in [-0.15, -0.1) is 0 Å². The predicted molar refractivity (Wildman–Crippen MR) is 96.3 cm³/mol. The maximum absolute atomic E-state index is 11.9. The summed E-state index contributed by atoms with van der Waals surface area (Å²) in [5.74, 6) is -2.23. The van der Waals surface area contributed by atoms with E-state index < -0.39 is 11.9 Å². The van der Waals surface area contributed by atoms with Crippen LogP contribution in [0.15, 0.2) is 0 Å². The van der Waals surface area contributed by atoms with Crippen LogP contribution < -0.4 is 0 Å². The topological polar surface area (TPSA) is 74.6 Å². The number of carboxylic acid groups (broad SMARTS) is 2. The highest BCUT2D eigenvalue weighted by atomic mass is 16.4. The highest BCUT2D eigenvalue weighted by Gasteiger charge is 2.29. The predicted octanol–water partition coefficient (Wildman–Crippen LogP) is 4.89. The highest BCUT2D eigenvalue weighted by molar-refractivity contribution is 6.04. The van der Waals surface area contributed by atoms with Crippen LogP contribution in [0.3, 0.4) is 0 Å². The first-order chi connectivity index (χ1) is 11.4. The summed E-state index contributed by atoms with van der Waals surface area (Å²) in [5.41, 5.74) is 3.71. The van der Waals surface area contributed by atoms with E-state index in [9.17, 15) is 19.8 Å². The Morgan fingerprint density at radius 2 is 0.833 bits per heavy atom. The molecule has 4 heteroatoms. The van der Waals surface area contributed by atoms with Crippen LogP contribution in [0.25, 0.3) is 0 Å². The zero-order valence-corrected chi connectivity index (χ0v) is 15.4. The third kappa shape index (κ3) is 4.16. The Labute approximate surface area is 144 Å². The fourth-order valence-electron chi connectivity index (χ4n) is 3.60. The van der Waals surface area contributed by atoms with Crippen LogP contribution in [0.5, 0.6) is 0 Å². The Kier molecular flexibility index (Phi) is 7.96. The second-order valence-corrected chi connectivity index (χ2v) is 6.27. The van der Waals surface area contributed by atoms with Crippen molar-refractivity contribution < 1.29 is 19.8 Å². The van der Waals surface area contributed by atoms with Crippen molar-refractivity contribution in [2.45, 2.75) is 79.1 Å². The first-order valence-corrected chi connectivity index (χ1v) is 9.10. The maximum atomic E-state index is 11.9. The van der Waals surface area contributed by atoms with Crippen molar-refractivity contribution in [3.05, 3.63) is 33.4 Å². The summed E-state index contributed by atoms with van der Waals surface area (Å²) in [6, 6.07) is 0. The third-order valence-corrected chi connectivity index (χ3v) is 4.37. The van der Waals surface area contributed by atoms with Crippen LogP contribution in [0.2, 0.25) is 0 Å². The molecule has 4 nitrogen and oxygen atoms in total. The van der Waals surface area contributed by atoms with Gasteiger partial charge in [0.25, 0.3) is 0 Å². The van der Waals surface area contributed by atoms with Gasteiger partial charge < -0.3 is 10.2 Å². The molecular formula is C20H30O4. The van der Waals surface area contributed by atoms with E-state index in [2.05, 4.69) is 13.8 Å². The molecule has 0 amide bonds. The van der Waals surface area contributed by atoms with Gasteiger partial charge in [-0.3, -0.25) is 0 Å². The molecule has 0 aromatic heterocycles. The second-order valence-electron chi connectivity index (χ2n) is 6.27. The minimum Gasteiger partial charge on any atom is -0.478 e. The van der Waals surface area contributed by atoms with Crippen molar-refractivity contribution in [3.63, 3.8) is 0 Å². The summed E-state index contributed by atoms with van der Waals surface area (Å²) < 4.78 is 0. The summed E-state index contributed by atoms with van der Waals surface area (Å²) in [5, 5.41) is 19.5. The standard InChI is InChI=1S/C20H30O4/c1-5-9-13-14(10-6-2)16(12-8-4)18(20(23)24)17(19(21)22)15(13)11-7-3/h5-12H2,1-4H3,(H,21,22)(H,23,24). The summed E-state index contributed by atoms with van der Waals surface area (Å²) in [4.78, 5) is 23.9. The lowest BCUT2D eigenvalue weighted by Gasteiger charge is -2.23. The largest absolute Gasteiger partial charge is 0.478 e. The molecule has 0 aliphatic carbocycles. The van der Waals surface area contributed by atoms with E-state index in [0.29, 0.717) is 12.8 Å². The molecule has 0 saturated carbocycles. The molecule has 0 saturated heterocycles. The lowest BCUT2D eigenvalue weighted by atomic mass is 9.80. The van der Waals surface area contributed by atoms with Crippen LogP contribution in [-0.2, 0) is 25.7 Å². The zero-order chi connectivity index (χ0) is 18.3. The molecule has 0 atom stereocenters. The lowest BCUT2D eigenvalue weighted by Crippen LogP contribution is -2.20. The maximum Gasteiger partial charge on any atom is 0.336 e. The van der Waals surface area contributed by atoms with Gasteiger partial charge in [-0.05, 0) is 47.9 Å². The van der Waals surface area contributed by atoms with Crippen molar-refractivity contribution in [1.29, 1.82) is 0 Å². The number of hydrogen-bond donors (Lipinski definition) is 2. The molecule has 1 aromatic carbocycles. The Hall–Kier alpha value is -1.84. The average Bonchev–Trinajstić information content (AvgIpc) is 2.51. The van der Waals surface area contributed by atoms with Gasteiger partial charge in [0.05, 0.1) is 11.1 Å². The van der Waals surface area contributed by atoms with Crippen LogP contribution in [0.1, 0.15) is 96.3 Å². The quantitative estimate of drug-likeness (QED) is 0.638. The number of rotatable bonds is 10. The Morgan fingerprint density at radius 1 is 0.583 bits per heavy atom. The van der Waals surface area contributed by atoms with Gasteiger partial charge in [0.2, 0.25) is 0 Å². The minimum atomic E-state index is -1.12. The molecule has 2 N–H and O–H groups in total. The molecule has 0 bridgehead atoms. The fourth-order valence-corrected chi connectivity index (χ4v) is 3.60. The van der Waals surface area contributed by atoms with Gasteiger partial charge in [0.1, 0.15) is 0 Å². The summed E-state index contributed by atoms with van der Waals surface area (Å²) in [7, 11) is 0. The monoisotopic (exact) mass is 334 g/mol. The average molecular weight is 334 g/mol. The van der Waals surface area contributed by atoms with Crippen LogP contribution in [-0.4, -0.2) is 22.2 Å². The molecule has 24 heavy (non-hydrogen) atoms. The number of hydrogen-bond acceptors (Lipinski definition) is 2. The molecule has 1 aromatic rings. The number of aromatic carboxylic acids is 2. The van der Waals surface area contributed by atoms with Gasteiger partial charge >= 0.3 is 11.9 Å². The molecule has 0 aliphatic heterocycles. The van der Waals surface area contributed by atoms with E-state index in [0.717, 1.165) is 60.8 Å². The van der Waals surface area contributed by atoms with E-state index in [4.69, 9.17) is 0 Å². The van der Waals surface area contributed by atoms with Crippen LogP contribution in [0.4, 0.5) is 0 Å². The van der Waals surface area contributed by atoms with Gasteiger partial charge in [-0.25, -0.2) is 9.59 Å². The van der Waals surface area contributed by atoms with E-state index in [1.54, 1.807) is 0 Å². The molecule has 0 spiro atoms. The van der Waals surface area contributed by atoms with Gasteiger partial charge in [-0.2, -0.15) is 0 Å². The molecule has 1 rings (SSSR count). The van der Waals surface area contributed by atoms with Crippen molar-refractivity contribution in [2.75, 3.05) is 0 Å². The first kappa shape index (κ1) is 20.2. The number of carbonyl (C=O) groups is 2. The van der Waals surface area contributed by atoms with Crippen molar-refractivity contribution in [1.82, 2.24) is 0 Å². The fraction of sp³-hybridized carbons (Fsp3) is 0.600. The highest BCUT2D eigenvalue weighted by Crippen LogP contribution is 2.33. The number of carboxylic acids is 2. The lowest BCUT2D eigenvalue weighted by molar-refractivity contribution is 0.0649. The molecule has 134 valence electrons. The first-order valence-electron chi connectivity index (χ1n) is 9.10. The summed E-state index contributed by atoms with van der Waals surface area (Å²) >= 11 is 0. The van der Waals surface area contributed by atoms with Gasteiger partial charge in [-0.1, -0.05) is 53.4 Å². The second kappa shape index (κ2) is 9.45. The van der Waals surface area contributed by atoms with E-state index >= 15 is 0 Å². The molecular weight excluding hydrogens is 304 g/mol. The SMILES string of the molecule is CCCc1c(CCC)c(CCC)c(C(=O)O)c(C(=O)O)c1CCC. The molecule has 0 fully saturated rings. The van der Waals surface area contributed by atoms with Crippen molar-refractivity contribution in [2.24, 2.45) is 0 Å². The minimum absolute atomic E-state index is 0.0242. The summed E-state index contributed by atoms with van der Waals surface area (Å²) in [6.45, 7) is 8.16. The zero-order valence-electron chi connectivity index (χ0n) is 15.4. The van der Waals surface area contributed by atoms with Crippen molar-refractivity contribution in [3.8, 4) is 0 Å². The smallest absolute Gasteiger partial charge is 0.336 e. The molecule has 0 unspecified atom stereocenters. The number of benzene rings is 1. The third-order valence-electron chi connectivity index (χ3n) is 4.37.